The van der Waals surface area contributed by atoms with Crippen molar-refractivity contribution in [1.82, 2.24) is 9.78 Å². The first kappa shape index (κ1) is 10.2. The van der Waals surface area contributed by atoms with Crippen molar-refractivity contribution in [3.8, 4) is 0 Å². The summed E-state index contributed by atoms with van der Waals surface area (Å²) in [5, 5.41) is 4.10. The molecule has 0 saturated heterocycles. The first-order valence-corrected chi connectivity index (χ1v) is 4.68. The summed E-state index contributed by atoms with van der Waals surface area (Å²) >= 11 is 0. The molecule has 0 aliphatic heterocycles. The third kappa shape index (κ3) is 3.57. The van der Waals surface area contributed by atoms with Gasteiger partial charge in [0.1, 0.15) is 0 Å². The van der Waals surface area contributed by atoms with Crippen LogP contribution in [0.25, 0.3) is 0 Å². The van der Waals surface area contributed by atoms with Crippen LogP contribution in [0, 0.1) is 0 Å². The van der Waals surface area contributed by atoms with Crippen LogP contribution in [0.1, 0.15) is 19.8 Å². The number of aryl methyl sites for hydroxylation is 1. The molecule has 4 nitrogen and oxygen atoms in total. The molecular formula is C9H18N4. The molecule has 0 amide bonds. The van der Waals surface area contributed by atoms with Crippen LogP contribution < -0.4 is 11.5 Å². The fraction of sp³-hybridized carbons (Fsp3) is 0.667. The third-order valence-electron chi connectivity index (χ3n) is 2.16. The van der Waals surface area contributed by atoms with Crippen molar-refractivity contribution < 1.29 is 0 Å². The van der Waals surface area contributed by atoms with Crippen LogP contribution in [0.5, 0.6) is 0 Å². The van der Waals surface area contributed by atoms with Crippen molar-refractivity contribution in [2.24, 2.45) is 11.5 Å². The van der Waals surface area contributed by atoms with Gasteiger partial charge in [-0.3, -0.25) is 4.68 Å². The summed E-state index contributed by atoms with van der Waals surface area (Å²) in [5.74, 6) is 0. The van der Waals surface area contributed by atoms with E-state index in [0.717, 1.165) is 19.4 Å². The fourth-order valence-corrected chi connectivity index (χ4v) is 1.18. The molecule has 0 bridgehead atoms. The van der Waals surface area contributed by atoms with Gasteiger partial charge in [-0.15, -0.1) is 0 Å². The Labute approximate surface area is 78.9 Å². The van der Waals surface area contributed by atoms with Crippen LogP contribution in [0.4, 0.5) is 0 Å². The van der Waals surface area contributed by atoms with E-state index in [2.05, 4.69) is 5.10 Å². The zero-order valence-electron chi connectivity index (χ0n) is 8.06. The van der Waals surface area contributed by atoms with E-state index < -0.39 is 0 Å². The van der Waals surface area contributed by atoms with E-state index in [1.54, 1.807) is 6.20 Å². The molecule has 0 saturated carbocycles. The van der Waals surface area contributed by atoms with Gasteiger partial charge in [0.25, 0.3) is 0 Å². The normalized spacial score (nSPS) is 15.6. The lowest BCUT2D eigenvalue weighted by Gasteiger charge is -2.14. The first-order valence-electron chi connectivity index (χ1n) is 4.68. The predicted molar refractivity (Wildman–Crippen MR) is 53.1 cm³/mol. The number of nitrogens with two attached hydrogens (primary N) is 2. The molecule has 0 aliphatic carbocycles. The van der Waals surface area contributed by atoms with Gasteiger partial charge in [-0.05, 0) is 25.8 Å². The van der Waals surface area contributed by atoms with E-state index in [9.17, 15) is 0 Å². The van der Waals surface area contributed by atoms with E-state index in [1.807, 2.05) is 23.9 Å². The summed E-state index contributed by atoms with van der Waals surface area (Å²) in [5.41, 5.74) is 11.4. The van der Waals surface area contributed by atoms with Gasteiger partial charge in [0, 0.05) is 31.0 Å². The Kier molecular flexibility index (Phi) is 3.92. The van der Waals surface area contributed by atoms with Gasteiger partial charge in [-0.1, -0.05) is 0 Å². The van der Waals surface area contributed by atoms with E-state index in [-0.39, 0.29) is 12.1 Å². The number of nitrogens with zero attached hydrogens (tertiary/aromatic N) is 2. The zero-order chi connectivity index (χ0) is 9.68. The van der Waals surface area contributed by atoms with Crippen molar-refractivity contribution in [1.29, 1.82) is 0 Å². The standard InChI is InChI=1S/C9H18N4/c1-8(10)9(11)4-2-6-13-7-3-5-12-13/h3,5,7-9H,2,4,6,10-11H2,1H3. The fourth-order valence-electron chi connectivity index (χ4n) is 1.18. The Morgan fingerprint density at radius 2 is 2.23 bits per heavy atom. The smallest absolute Gasteiger partial charge is 0.0489 e. The first-order chi connectivity index (χ1) is 6.20. The maximum Gasteiger partial charge on any atom is 0.0489 e. The lowest BCUT2D eigenvalue weighted by Crippen LogP contribution is -2.38. The van der Waals surface area contributed by atoms with Crippen LogP contribution in [-0.2, 0) is 6.54 Å². The van der Waals surface area contributed by atoms with Gasteiger partial charge in [0.2, 0.25) is 0 Å². The minimum atomic E-state index is 0.0811. The second kappa shape index (κ2) is 4.99. The second-order valence-electron chi connectivity index (χ2n) is 3.43. The summed E-state index contributed by atoms with van der Waals surface area (Å²) < 4.78 is 1.91. The predicted octanol–water partition coefficient (Wildman–Crippen LogP) is 0.338. The van der Waals surface area contributed by atoms with Crippen molar-refractivity contribution >= 4 is 0 Å². The average molecular weight is 182 g/mol. The lowest BCUT2D eigenvalue weighted by atomic mass is 10.1. The Bertz CT molecular complexity index is 218. The highest BCUT2D eigenvalue weighted by atomic mass is 15.3. The summed E-state index contributed by atoms with van der Waals surface area (Å²) in [6, 6.07) is 2.11. The zero-order valence-corrected chi connectivity index (χ0v) is 8.06. The van der Waals surface area contributed by atoms with Crippen LogP contribution in [0.2, 0.25) is 0 Å². The van der Waals surface area contributed by atoms with Gasteiger partial charge in [0.05, 0.1) is 0 Å². The maximum absolute atomic E-state index is 5.80. The lowest BCUT2D eigenvalue weighted by molar-refractivity contribution is 0.468. The van der Waals surface area contributed by atoms with Crippen molar-refractivity contribution in [2.75, 3.05) is 0 Å². The summed E-state index contributed by atoms with van der Waals surface area (Å²) in [4.78, 5) is 0. The van der Waals surface area contributed by atoms with Crippen molar-refractivity contribution in [3.05, 3.63) is 18.5 Å². The summed E-state index contributed by atoms with van der Waals surface area (Å²) in [6.07, 6.45) is 5.73. The van der Waals surface area contributed by atoms with Crippen molar-refractivity contribution in [3.63, 3.8) is 0 Å². The Morgan fingerprint density at radius 3 is 2.77 bits per heavy atom. The molecule has 13 heavy (non-hydrogen) atoms. The molecule has 1 rings (SSSR count). The molecule has 0 aromatic carbocycles. The van der Waals surface area contributed by atoms with Crippen molar-refractivity contribution in [2.45, 2.75) is 38.4 Å². The molecular weight excluding hydrogens is 164 g/mol. The summed E-state index contributed by atoms with van der Waals surface area (Å²) in [7, 11) is 0. The van der Waals surface area contributed by atoms with E-state index in [1.165, 1.54) is 0 Å². The maximum atomic E-state index is 5.80. The number of aromatic nitrogens is 2. The minimum absolute atomic E-state index is 0.0811. The molecule has 1 aromatic rings. The third-order valence-corrected chi connectivity index (χ3v) is 2.16. The van der Waals surface area contributed by atoms with E-state index in [0.29, 0.717) is 0 Å². The van der Waals surface area contributed by atoms with Gasteiger partial charge in [0.15, 0.2) is 0 Å². The van der Waals surface area contributed by atoms with Crippen LogP contribution in [0.3, 0.4) is 0 Å². The highest BCUT2D eigenvalue weighted by Crippen LogP contribution is 1.99. The van der Waals surface area contributed by atoms with Gasteiger partial charge >= 0.3 is 0 Å². The molecule has 2 unspecified atom stereocenters. The molecule has 2 atom stereocenters. The highest BCUT2D eigenvalue weighted by Gasteiger charge is 2.06. The largest absolute Gasteiger partial charge is 0.327 e. The SMILES string of the molecule is CC(N)C(N)CCCn1cccn1. The van der Waals surface area contributed by atoms with Gasteiger partial charge in [-0.25, -0.2) is 0 Å². The topological polar surface area (TPSA) is 69.9 Å². The van der Waals surface area contributed by atoms with Gasteiger partial charge < -0.3 is 11.5 Å². The monoisotopic (exact) mass is 182 g/mol. The minimum Gasteiger partial charge on any atom is -0.327 e. The number of hydrogen-bond donors (Lipinski definition) is 2. The number of rotatable bonds is 5. The van der Waals surface area contributed by atoms with E-state index in [4.69, 9.17) is 11.5 Å². The molecule has 1 aromatic heterocycles. The molecule has 0 radical (unpaired) electrons. The average Bonchev–Trinajstić information content (AvgIpc) is 2.56. The Hall–Kier alpha value is -0.870. The quantitative estimate of drug-likeness (QED) is 0.689. The van der Waals surface area contributed by atoms with Gasteiger partial charge in [-0.2, -0.15) is 5.10 Å². The summed E-state index contributed by atoms with van der Waals surface area (Å²) in [6.45, 7) is 2.87. The molecule has 4 N–H and O–H groups in total. The molecule has 0 fully saturated rings. The number of hydrogen-bond acceptors (Lipinski definition) is 3. The second-order valence-corrected chi connectivity index (χ2v) is 3.43. The van der Waals surface area contributed by atoms with Crippen LogP contribution in [-0.4, -0.2) is 21.9 Å². The van der Waals surface area contributed by atoms with Crippen LogP contribution >= 0.6 is 0 Å². The van der Waals surface area contributed by atoms with E-state index >= 15 is 0 Å². The molecule has 1 heterocycles. The highest BCUT2D eigenvalue weighted by molar-refractivity contribution is 4.78. The molecule has 0 aliphatic rings. The molecule has 4 heteroatoms. The molecule has 74 valence electrons. The Balaban J connectivity index is 2.14. The Morgan fingerprint density at radius 1 is 1.46 bits per heavy atom. The molecule has 0 spiro atoms. The van der Waals surface area contributed by atoms with Crippen LogP contribution in [0.15, 0.2) is 18.5 Å².